The highest BCUT2D eigenvalue weighted by molar-refractivity contribution is 6.30. The fraction of sp³-hybridized carbons (Fsp3) is 0.526. The van der Waals surface area contributed by atoms with Gasteiger partial charge >= 0.3 is 5.97 Å². The van der Waals surface area contributed by atoms with Crippen molar-refractivity contribution < 1.29 is 19.0 Å². The summed E-state index contributed by atoms with van der Waals surface area (Å²) in [5.74, 6) is -0.605. The Hall–Kier alpha value is -1.52. The number of carbonyl (C=O) groups is 1. The smallest absolute Gasteiger partial charge is 0.343 e. The molecule has 4 nitrogen and oxygen atoms in total. The van der Waals surface area contributed by atoms with Gasteiger partial charge in [-0.3, -0.25) is 0 Å². The van der Waals surface area contributed by atoms with E-state index in [0.29, 0.717) is 22.8 Å². The molecule has 130 valence electrons. The lowest BCUT2D eigenvalue weighted by atomic mass is 9.92. The molecule has 0 unspecified atom stereocenters. The molecule has 0 spiro atoms. The first kappa shape index (κ1) is 17.3. The first-order chi connectivity index (χ1) is 11.4. The van der Waals surface area contributed by atoms with Crippen molar-refractivity contribution in [1.82, 2.24) is 0 Å². The number of rotatable bonds is 4. The van der Waals surface area contributed by atoms with E-state index < -0.39 is 11.9 Å². The van der Waals surface area contributed by atoms with E-state index in [2.05, 4.69) is 6.92 Å². The second-order valence-electron chi connectivity index (χ2n) is 6.76. The molecule has 1 aromatic carbocycles. The number of carbonyl (C=O) groups excluding carboxylic acids is 1. The van der Waals surface area contributed by atoms with Crippen LogP contribution >= 0.6 is 11.6 Å². The molecule has 24 heavy (non-hydrogen) atoms. The Bertz CT molecular complexity index is 648. The maximum Gasteiger partial charge on any atom is 0.343 e. The quantitative estimate of drug-likeness (QED) is 0.723. The molecule has 0 fully saturated rings. The molecule has 0 aromatic heterocycles. The van der Waals surface area contributed by atoms with Crippen LogP contribution in [0.5, 0.6) is 0 Å². The lowest BCUT2D eigenvalue weighted by Crippen LogP contribution is -2.42. The van der Waals surface area contributed by atoms with Crippen LogP contribution in [0.15, 0.2) is 35.6 Å². The van der Waals surface area contributed by atoms with Crippen molar-refractivity contribution in [3.8, 4) is 0 Å². The van der Waals surface area contributed by atoms with Crippen molar-refractivity contribution in [3.05, 3.63) is 46.2 Å². The molecule has 2 heterocycles. The maximum atomic E-state index is 12.5. The van der Waals surface area contributed by atoms with Crippen molar-refractivity contribution >= 4 is 17.6 Å². The van der Waals surface area contributed by atoms with Crippen molar-refractivity contribution in [2.24, 2.45) is 0 Å². The van der Waals surface area contributed by atoms with Crippen LogP contribution in [-0.2, 0) is 19.0 Å². The SMILES string of the molecule is CCCC[C@@H]1CC2=C(C(=O)OC(C)(C)O2)[C@@H](c2ccc(Cl)cc2)O1. The lowest BCUT2D eigenvalue weighted by Gasteiger charge is -2.40. The third kappa shape index (κ3) is 3.60. The van der Waals surface area contributed by atoms with E-state index in [9.17, 15) is 4.79 Å². The van der Waals surface area contributed by atoms with Gasteiger partial charge in [0.15, 0.2) is 0 Å². The van der Waals surface area contributed by atoms with E-state index in [1.54, 1.807) is 26.0 Å². The molecule has 1 aromatic rings. The van der Waals surface area contributed by atoms with E-state index in [-0.39, 0.29) is 12.1 Å². The topological polar surface area (TPSA) is 44.8 Å². The van der Waals surface area contributed by atoms with E-state index in [1.807, 2.05) is 12.1 Å². The molecule has 2 atom stereocenters. The molecule has 2 aliphatic heterocycles. The molecule has 0 aliphatic carbocycles. The Kier molecular flexibility index (Phi) is 4.88. The molecule has 0 saturated carbocycles. The van der Waals surface area contributed by atoms with Crippen molar-refractivity contribution in [1.29, 1.82) is 0 Å². The minimum atomic E-state index is -0.937. The zero-order chi connectivity index (χ0) is 17.3. The Morgan fingerprint density at radius 2 is 1.92 bits per heavy atom. The predicted octanol–water partition coefficient (Wildman–Crippen LogP) is 4.92. The van der Waals surface area contributed by atoms with Crippen LogP contribution in [0.1, 0.15) is 58.1 Å². The van der Waals surface area contributed by atoms with Crippen LogP contribution in [-0.4, -0.2) is 17.9 Å². The average molecular weight is 351 g/mol. The summed E-state index contributed by atoms with van der Waals surface area (Å²) in [6.45, 7) is 5.66. The summed E-state index contributed by atoms with van der Waals surface area (Å²) in [7, 11) is 0. The summed E-state index contributed by atoms with van der Waals surface area (Å²) in [5.41, 5.74) is 1.36. The number of hydrogen-bond donors (Lipinski definition) is 0. The second kappa shape index (κ2) is 6.77. The largest absolute Gasteiger partial charge is 0.456 e. The van der Waals surface area contributed by atoms with Gasteiger partial charge in [-0.2, -0.15) is 0 Å². The Labute approximate surface area is 147 Å². The van der Waals surface area contributed by atoms with Crippen molar-refractivity contribution in [2.45, 2.75) is 64.4 Å². The van der Waals surface area contributed by atoms with Gasteiger partial charge in [0, 0.05) is 25.3 Å². The lowest BCUT2D eigenvalue weighted by molar-refractivity contribution is -0.217. The number of ether oxygens (including phenoxy) is 3. The summed E-state index contributed by atoms with van der Waals surface area (Å²) >= 11 is 5.98. The first-order valence-corrected chi connectivity index (χ1v) is 8.83. The number of unbranched alkanes of at least 4 members (excludes halogenated alkanes) is 1. The van der Waals surface area contributed by atoms with Gasteiger partial charge in [-0.1, -0.05) is 43.5 Å². The van der Waals surface area contributed by atoms with Gasteiger partial charge in [-0.25, -0.2) is 4.79 Å². The summed E-state index contributed by atoms with van der Waals surface area (Å²) in [6, 6.07) is 7.36. The highest BCUT2D eigenvalue weighted by Gasteiger charge is 2.44. The fourth-order valence-corrected chi connectivity index (χ4v) is 3.30. The predicted molar refractivity (Wildman–Crippen MR) is 91.5 cm³/mol. The Balaban J connectivity index is 1.97. The van der Waals surface area contributed by atoms with Gasteiger partial charge in [0.25, 0.3) is 0 Å². The number of cyclic esters (lactones) is 1. The number of benzene rings is 1. The summed E-state index contributed by atoms with van der Waals surface area (Å²) in [6.07, 6.45) is 3.29. The molecule has 0 N–H and O–H groups in total. The third-order valence-corrected chi connectivity index (χ3v) is 4.54. The monoisotopic (exact) mass is 350 g/mol. The van der Waals surface area contributed by atoms with Crippen LogP contribution < -0.4 is 0 Å². The molecule has 0 bridgehead atoms. The van der Waals surface area contributed by atoms with Crippen molar-refractivity contribution in [3.63, 3.8) is 0 Å². The highest BCUT2D eigenvalue weighted by atomic mass is 35.5. The van der Waals surface area contributed by atoms with Crippen LogP contribution in [0.4, 0.5) is 0 Å². The average Bonchev–Trinajstić information content (AvgIpc) is 2.51. The molecular weight excluding hydrogens is 328 g/mol. The molecule has 5 heteroatoms. The standard InChI is InChI=1S/C19H23ClO4/c1-4-5-6-14-11-15-16(18(21)24-19(2,3)23-15)17(22-14)12-7-9-13(20)10-8-12/h7-10,14,17H,4-6,11H2,1-3H3/t14-,17-/m1/s1. The number of hydrogen-bond acceptors (Lipinski definition) is 4. The van der Waals surface area contributed by atoms with Crippen LogP contribution in [0.2, 0.25) is 5.02 Å². The zero-order valence-electron chi connectivity index (χ0n) is 14.3. The highest BCUT2D eigenvalue weighted by Crippen LogP contribution is 2.43. The Morgan fingerprint density at radius 1 is 1.21 bits per heavy atom. The van der Waals surface area contributed by atoms with E-state index in [1.165, 1.54) is 0 Å². The molecule has 2 aliphatic rings. The van der Waals surface area contributed by atoms with E-state index >= 15 is 0 Å². The van der Waals surface area contributed by atoms with Gasteiger partial charge in [-0.05, 0) is 24.1 Å². The van der Waals surface area contributed by atoms with Gasteiger partial charge in [0.2, 0.25) is 5.79 Å². The Morgan fingerprint density at radius 3 is 2.58 bits per heavy atom. The minimum absolute atomic E-state index is 0.0334. The van der Waals surface area contributed by atoms with Gasteiger partial charge in [0.1, 0.15) is 17.4 Å². The molecule has 0 amide bonds. The molecule has 3 rings (SSSR count). The van der Waals surface area contributed by atoms with E-state index in [4.69, 9.17) is 25.8 Å². The molecular formula is C19H23ClO4. The van der Waals surface area contributed by atoms with Gasteiger partial charge in [0.05, 0.1) is 6.10 Å². The van der Waals surface area contributed by atoms with Gasteiger partial charge < -0.3 is 14.2 Å². The fourth-order valence-electron chi connectivity index (χ4n) is 3.17. The summed E-state index contributed by atoms with van der Waals surface area (Å²) in [5, 5.41) is 0.648. The van der Waals surface area contributed by atoms with E-state index in [0.717, 1.165) is 24.8 Å². The molecule has 0 saturated heterocycles. The third-order valence-electron chi connectivity index (χ3n) is 4.28. The van der Waals surface area contributed by atoms with Crippen LogP contribution in [0.3, 0.4) is 0 Å². The zero-order valence-corrected chi connectivity index (χ0v) is 15.1. The normalized spacial score (nSPS) is 25.8. The molecule has 0 radical (unpaired) electrons. The minimum Gasteiger partial charge on any atom is -0.456 e. The van der Waals surface area contributed by atoms with Gasteiger partial charge in [-0.15, -0.1) is 0 Å². The van der Waals surface area contributed by atoms with Crippen LogP contribution in [0, 0.1) is 0 Å². The van der Waals surface area contributed by atoms with Crippen molar-refractivity contribution in [2.75, 3.05) is 0 Å². The summed E-state index contributed by atoms with van der Waals surface area (Å²) < 4.78 is 17.6. The second-order valence-corrected chi connectivity index (χ2v) is 7.20. The maximum absolute atomic E-state index is 12.5. The summed E-state index contributed by atoms with van der Waals surface area (Å²) in [4.78, 5) is 12.5. The van der Waals surface area contributed by atoms with Crippen LogP contribution in [0.25, 0.3) is 0 Å². The number of esters is 1. The number of halogens is 1. The first-order valence-electron chi connectivity index (χ1n) is 8.46.